The van der Waals surface area contributed by atoms with Gasteiger partial charge >= 0.3 is 0 Å². The van der Waals surface area contributed by atoms with Crippen LogP contribution in [0.4, 0.5) is 0 Å². The van der Waals surface area contributed by atoms with Crippen LogP contribution in [0.3, 0.4) is 0 Å². The van der Waals surface area contributed by atoms with Crippen molar-refractivity contribution in [3.8, 4) is 0 Å². The van der Waals surface area contributed by atoms with Crippen molar-refractivity contribution >= 4 is 17.2 Å². The number of carbonyl (C=O) groups excluding carboxylic acids is 1. The Morgan fingerprint density at radius 2 is 2.56 bits per heavy atom. The van der Waals surface area contributed by atoms with E-state index in [0.717, 1.165) is 31.1 Å². The monoisotopic (exact) mass is 267 g/mol. The Morgan fingerprint density at radius 3 is 3.17 bits per heavy atom. The van der Waals surface area contributed by atoms with Gasteiger partial charge in [-0.1, -0.05) is 13.0 Å². The molecule has 0 saturated carbocycles. The highest BCUT2D eigenvalue weighted by Gasteiger charge is 2.23. The van der Waals surface area contributed by atoms with Gasteiger partial charge in [0, 0.05) is 18.0 Å². The molecule has 1 aliphatic heterocycles. The molecule has 3 N–H and O–H groups in total. The highest BCUT2D eigenvalue weighted by atomic mass is 32.1. The molecule has 2 heterocycles. The van der Waals surface area contributed by atoms with Gasteiger partial charge in [-0.05, 0) is 36.9 Å². The van der Waals surface area contributed by atoms with Crippen LogP contribution in [-0.4, -0.2) is 37.0 Å². The first-order valence-electron chi connectivity index (χ1n) is 6.49. The molecule has 0 spiro atoms. The van der Waals surface area contributed by atoms with Crippen LogP contribution in [-0.2, 0) is 4.79 Å². The van der Waals surface area contributed by atoms with E-state index < -0.39 is 6.04 Å². The maximum Gasteiger partial charge on any atom is 0.242 e. The Labute approximate surface area is 112 Å². The summed E-state index contributed by atoms with van der Waals surface area (Å²) >= 11 is 1.53. The summed E-state index contributed by atoms with van der Waals surface area (Å²) in [5, 5.41) is 4.92. The molecule has 1 aromatic heterocycles. The van der Waals surface area contributed by atoms with Crippen LogP contribution >= 0.6 is 11.3 Å². The van der Waals surface area contributed by atoms with E-state index in [2.05, 4.69) is 17.1 Å². The van der Waals surface area contributed by atoms with Gasteiger partial charge in [0.15, 0.2) is 0 Å². The lowest BCUT2D eigenvalue weighted by atomic mass is 10.1. The summed E-state index contributed by atoms with van der Waals surface area (Å²) in [6.45, 7) is 6.25. The average Bonchev–Trinajstić information content (AvgIpc) is 3.05. The number of thiophene rings is 1. The molecule has 1 fully saturated rings. The Kier molecular flexibility index (Phi) is 4.74. The molecule has 2 atom stereocenters. The van der Waals surface area contributed by atoms with E-state index in [1.807, 2.05) is 17.5 Å². The zero-order valence-electron chi connectivity index (χ0n) is 10.8. The topological polar surface area (TPSA) is 58.4 Å². The molecule has 100 valence electrons. The van der Waals surface area contributed by atoms with Crippen molar-refractivity contribution in [3.63, 3.8) is 0 Å². The van der Waals surface area contributed by atoms with Gasteiger partial charge in [-0.25, -0.2) is 0 Å². The third-order valence-corrected chi connectivity index (χ3v) is 4.47. The van der Waals surface area contributed by atoms with Gasteiger partial charge in [0.25, 0.3) is 0 Å². The molecule has 0 aromatic carbocycles. The van der Waals surface area contributed by atoms with Crippen molar-refractivity contribution in [1.29, 1.82) is 0 Å². The van der Waals surface area contributed by atoms with E-state index in [9.17, 15) is 4.79 Å². The number of amides is 1. The number of likely N-dealkylation sites (tertiary alicyclic amines) is 1. The molecule has 1 saturated heterocycles. The maximum atomic E-state index is 11.9. The second kappa shape index (κ2) is 6.31. The zero-order chi connectivity index (χ0) is 13.0. The molecule has 1 aromatic rings. The molecule has 0 radical (unpaired) electrons. The smallest absolute Gasteiger partial charge is 0.242 e. The molecule has 0 aliphatic carbocycles. The van der Waals surface area contributed by atoms with Crippen LogP contribution in [0.1, 0.15) is 24.3 Å². The lowest BCUT2D eigenvalue weighted by molar-refractivity contribution is -0.122. The van der Waals surface area contributed by atoms with Crippen molar-refractivity contribution in [2.45, 2.75) is 19.4 Å². The molecule has 4 nitrogen and oxygen atoms in total. The van der Waals surface area contributed by atoms with Gasteiger partial charge in [-0.3, -0.25) is 4.79 Å². The number of hydrogen-bond donors (Lipinski definition) is 2. The quantitative estimate of drug-likeness (QED) is 0.843. The summed E-state index contributed by atoms with van der Waals surface area (Å²) < 4.78 is 0. The van der Waals surface area contributed by atoms with E-state index >= 15 is 0 Å². The summed E-state index contributed by atoms with van der Waals surface area (Å²) in [7, 11) is 0. The Morgan fingerprint density at radius 1 is 1.72 bits per heavy atom. The fourth-order valence-electron chi connectivity index (χ4n) is 2.32. The van der Waals surface area contributed by atoms with Crippen molar-refractivity contribution < 1.29 is 4.79 Å². The third-order valence-electron chi connectivity index (χ3n) is 3.51. The zero-order valence-corrected chi connectivity index (χ0v) is 11.6. The van der Waals surface area contributed by atoms with Crippen LogP contribution in [0.15, 0.2) is 17.5 Å². The highest BCUT2D eigenvalue weighted by molar-refractivity contribution is 7.10. The van der Waals surface area contributed by atoms with Gasteiger partial charge in [-0.15, -0.1) is 11.3 Å². The summed E-state index contributed by atoms with van der Waals surface area (Å²) in [5.41, 5.74) is 5.91. The standard InChI is InChI=1S/C13H21N3OS/c1-2-16-6-5-10(9-16)8-15-13(17)12(14)11-4-3-7-18-11/h3-4,7,10,12H,2,5-6,8-9,14H2,1H3,(H,15,17). The molecule has 2 rings (SSSR count). The van der Waals surface area contributed by atoms with E-state index in [4.69, 9.17) is 5.73 Å². The van der Waals surface area contributed by atoms with E-state index in [1.165, 1.54) is 17.8 Å². The lowest BCUT2D eigenvalue weighted by Crippen LogP contribution is -2.37. The first-order valence-corrected chi connectivity index (χ1v) is 7.37. The minimum Gasteiger partial charge on any atom is -0.354 e. The molecular weight excluding hydrogens is 246 g/mol. The number of hydrogen-bond acceptors (Lipinski definition) is 4. The third kappa shape index (κ3) is 3.31. The summed E-state index contributed by atoms with van der Waals surface area (Å²) in [6, 6.07) is 3.31. The minimum absolute atomic E-state index is 0.0626. The maximum absolute atomic E-state index is 11.9. The SMILES string of the molecule is CCN1CCC(CNC(=O)C(N)c2cccs2)C1. The van der Waals surface area contributed by atoms with Crippen molar-refractivity contribution in [2.75, 3.05) is 26.2 Å². The first kappa shape index (κ1) is 13.5. The van der Waals surface area contributed by atoms with Crippen LogP contribution in [0.25, 0.3) is 0 Å². The molecule has 5 heteroatoms. The fraction of sp³-hybridized carbons (Fsp3) is 0.615. The predicted octanol–water partition coefficient (Wildman–Crippen LogP) is 1.21. The second-order valence-electron chi connectivity index (χ2n) is 4.79. The van der Waals surface area contributed by atoms with Gasteiger partial charge in [-0.2, -0.15) is 0 Å². The van der Waals surface area contributed by atoms with Crippen LogP contribution in [0.5, 0.6) is 0 Å². The Balaban J connectivity index is 1.75. The van der Waals surface area contributed by atoms with Crippen molar-refractivity contribution in [2.24, 2.45) is 11.7 Å². The first-order chi connectivity index (χ1) is 8.70. The number of nitrogens with two attached hydrogens (primary N) is 1. The van der Waals surface area contributed by atoms with E-state index in [-0.39, 0.29) is 5.91 Å². The largest absolute Gasteiger partial charge is 0.354 e. The molecule has 2 unspecified atom stereocenters. The van der Waals surface area contributed by atoms with Crippen LogP contribution in [0.2, 0.25) is 0 Å². The molecule has 1 amide bonds. The predicted molar refractivity (Wildman–Crippen MR) is 74.5 cm³/mol. The number of nitrogens with one attached hydrogen (secondary N) is 1. The van der Waals surface area contributed by atoms with E-state index in [0.29, 0.717) is 5.92 Å². The molecule has 18 heavy (non-hydrogen) atoms. The van der Waals surface area contributed by atoms with Crippen LogP contribution in [0, 0.1) is 5.92 Å². The lowest BCUT2D eigenvalue weighted by Gasteiger charge is -2.15. The molecular formula is C13H21N3OS. The highest BCUT2D eigenvalue weighted by Crippen LogP contribution is 2.18. The van der Waals surface area contributed by atoms with Gasteiger partial charge in [0.1, 0.15) is 6.04 Å². The van der Waals surface area contributed by atoms with Gasteiger partial charge in [0.05, 0.1) is 0 Å². The number of nitrogens with zero attached hydrogens (tertiary/aromatic N) is 1. The van der Waals surface area contributed by atoms with Crippen molar-refractivity contribution in [1.82, 2.24) is 10.2 Å². The van der Waals surface area contributed by atoms with Crippen LogP contribution < -0.4 is 11.1 Å². The van der Waals surface area contributed by atoms with E-state index in [1.54, 1.807) is 0 Å². The number of rotatable bonds is 5. The summed E-state index contributed by atoms with van der Waals surface area (Å²) in [6.07, 6.45) is 1.17. The number of carbonyl (C=O) groups is 1. The Bertz CT molecular complexity index is 380. The minimum atomic E-state index is -0.520. The van der Waals surface area contributed by atoms with Gasteiger partial charge in [0.2, 0.25) is 5.91 Å². The van der Waals surface area contributed by atoms with Crippen molar-refractivity contribution in [3.05, 3.63) is 22.4 Å². The normalized spacial score (nSPS) is 22.0. The molecule has 0 bridgehead atoms. The fourth-order valence-corrected chi connectivity index (χ4v) is 3.04. The second-order valence-corrected chi connectivity index (χ2v) is 5.77. The summed E-state index contributed by atoms with van der Waals surface area (Å²) in [4.78, 5) is 15.2. The molecule has 1 aliphatic rings. The Hall–Kier alpha value is -0.910. The van der Waals surface area contributed by atoms with Gasteiger partial charge < -0.3 is 16.0 Å². The summed E-state index contributed by atoms with van der Waals surface area (Å²) in [5.74, 6) is 0.511. The average molecular weight is 267 g/mol.